The molecule has 0 saturated carbocycles. The number of hydrogen-bond donors (Lipinski definition) is 1. The van der Waals surface area contributed by atoms with Crippen molar-refractivity contribution in [3.8, 4) is 0 Å². The van der Waals surface area contributed by atoms with E-state index in [1.807, 2.05) is 0 Å². The molecule has 0 amide bonds. The smallest absolute Gasteiger partial charge is 0.393 e. The van der Waals surface area contributed by atoms with E-state index in [1.54, 1.807) is 6.92 Å². The Kier molecular flexibility index (Phi) is 6.39. The lowest BCUT2D eigenvalue weighted by molar-refractivity contribution is -0.0429. The van der Waals surface area contributed by atoms with E-state index in [9.17, 15) is 21.6 Å². The second-order valence-corrected chi connectivity index (χ2v) is 6.28. The van der Waals surface area contributed by atoms with Crippen LogP contribution in [-0.2, 0) is 19.6 Å². The fourth-order valence-corrected chi connectivity index (χ4v) is 2.14. The minimum Gasteiger partial charge on any atom is -0.393 e. The number of methoxy groups -OCH3 is 1. The van der Waals surface area contributed by atoms with Crippen molar-refractivity contribution >= 4 is 21.4 Å². The van der Waals surface area contributed by atoms with Gasteiger partial charge in [0.25, 0.3) is 0 Å². The molecule has 1 N–H and O–H groups in total. The minimum atomic E-state index is -5.51. The Bertz CT molecular complexity index is 672. The van der Waals surface area contributed by atoms with Crippen LogP contribution in [0, 0.1) is 6.92 Å². The van der Waals surface area contributed by atoms with Crippen LogP contribution in [0.25, 0.3) is 0 Å². The number of nitrogens with zero attached hydrogens (tertiary/aromatic N) is 1. The topological polar surface area (TPSA) is 77.0 Å². The van der Waals surface area contributed by atoms with Crippen LogP contribution in [0.5, 0.6) is 0 Å². The highest BCUT2D eigenvalue weighted by Crippen LogP contribution is 2.27. The van der Waals surface area contributed by atoms with Crippen LogP contribution in [0.1, 0.15) is 18.1 Å². The fraction of sp³-hybridized carbons (Fsp3) is 0.462. The van der Waals surface area contributed by atoms with Crippen LogP contribution in [0.3, 0.4) is 0 Å². The molecule has 0 aromatic heterocycles. The molecule has 1 rings (SSSR count). The van der Waals surface area contributed by atoms with Gasteiger partial charge in [-0.3, -0.25) is 4.72 Å². The third kappa shape index (κ3) is 5.39. The number of halogens is 3. The van der Waals surface area contributed by atoms with Gasteiger partial charge in [0, 0.05) is 12.7 Å². The molecule has 0 fully saturated rings. The summed E-state index contributed by atoms with van der Waals surface area (Å²) in [5, 5.41) is 3.75. The summed E-state index contributed by atoms with van der Waals surface area (Å²) in [4.78, 5) is 4.95. The van der Waals surface area contributed by atoms with E-state index in [1.165, 1.54) is 37.0 Å². The van der Waals surface area contributed by atoms with Crippen molar-refractivity contribution in [2.45, 2.75) is 19.4 Å². The summed E-state index contributed by atoms with van der Waals surface area (Å²) < 4.78 is 66.3. The molecule has 0 unspecified atom stereocenters. The highest BCUT2D eigenvalue weighted by Gasteiger charge is 2.46. The third-order valence-electron chi connectivity index (χ3n) is 2.69. The average molecular weight is 354 g/mol. The van der Waals surface area contributed by atoms with Gasteiger partial charge in [0.1, 0.15) is 6.61 Å². The first-order valence-electron chi connectivity index (χ1n) is 6.44. The summed E-state index contributed by atoms with van der Waals surface area (Å²) >= 11 is 0. The van der Waals surface area contributed by atoms with Crippen molar-refractivity contribution in [2.75, 3.05) is 25.0 Å². The van der Waals surface area contributed by atoms with Crippen LogP contribution in [0.15, 0.2) is 23.4 Å². The zero-order chi connectivity index (χ0) is 17.7. The van der Waals surface area contributed by atoms with Gasteiger partial charge in [-0.25, -0.2) is 0 Å². The summed E-state index contributed by atoms with van der Waals surface area (Å²) in [7, 11) is -4.04. The van der Waals surface area contributed by atoms with Gasteiger partial charge >= 0.3 is 15.5 Å². The first kappa shape index (κ1) is 19.2. The maximum absolute atomic E-state index is 12.5. The van der Waals surface area contributed by atoms with E-state index in [0.29, 0.717) is 0 Å². The summed E-state index contributed by atoms with van der Waals surface area (Å²) in [6.45, 7) is 3.65. The molecule has 130 valence electrons. The van der Waals surface area contributed by atoms with Crippen LogP contribution in [-0.4, -0.2) is 40.0 Å². The van der Waals surface area contributed by atoms with E-state index in [4.69, 9.17) is 9.57 Å². The Labute approximate surface area is 132 Å². The Morgan fingerprint density at radius 2 is 1.96 bits per heavy atom. The second-order valence-electron chi connectivity index (χ2n) is 4.60. The molecule has 23 heavy (non-hydrogen) atoms. The summed E-state index contributed by atoms with van der Waals surface area (Å²) in [6, 6.07) is 4.23. The van der Waals surface area contributed by atoms with Crippen LogP contribution >= 0.6 is 0 Å². The number of sulfonamides is 1. The zero-order valence-electron chi connectivity index (χ0n) is 12.8. The molecule has 0 saturated heterocycles. The van der Waals surface area contributed by atoms with E-state index >= 15 is 0 Å². The van der Waals surface area contributed by atoms with Crippen molar-refractivity contribution in [3.05, 3.63) is 29.3 Å². The van der Waals surface area contributed by atoms with Crippen molar-refractivity contribution < 1.29 is 31.2 Å². The van der Waals surface area contributed by atoms with E-state index in [2.05, 4.69) is 5.16 Å². The number of aryl methyl sites for hydroxylation is 1. The molecule has 1 aromatic rings. The molecule has 0 radical (unpaired) electrons. The number of ether oxygens (including phenoxy) is 1. The Morgan fingerprint density at radius 3 is 2.52 bits per heavy atom. The molecule has 6 nitrogen and oxygen atoms in total. The highest BCUT2D eigenvalue weighted by molar-refractivity contribution is 7.93. The van der Waals surface area contributed by atoms with Gasteiger partial charge in [-0.05, 0) is 26.0 Å². The lowest BCUT2D eigenvalue weighted by atomic mass is 10.1. The van der Waals surface area contributed by atoms with Gasteiger partial charge in [0.2, 0.25) is 0 Å². The second kappa shape index (κ2) is 7.64. The minimum absolute atomic E-state index is 0.156. The fourth-order valence-electron chi connectivity index (χ4n) is 1.56. The number of alkyl halides is 3. The standard InChI is InChI=1S/C13H17F3N2O4S/c1-9-4-5-12(18-23(19,20)13(14,15)16)11(8-9)10(2)17-22-7-6-21-3/h4-5,8,18H,6-7H2,1-3H3/b17-10+. The number of hydrogen-bond acceptors (Lipinski definition) is 5. The summed E-state index contributed by atoms with van der Waals surface area (Å²) in [5.74, 6) is 0. The van der Waals surface area contributed by atoms with Gasteiger partial charge in [0.15, 0.2) is 0 Å². The predicted molar refractivity (Wildman–Crippen MR) is 79.8 cm³/mol. The van der Waals surface area contributed by atoms with Gasteiger partial charge in [-0.15, -0.1) is 0 Å². The third-order valence-corrected chi connectivity index (χ3v) is 3.79. The number of anilines is 1. The van der Waals surface area contributed by atoms with Crippen molar-refractivity contribution in [1.29, 1.82) is 0 Å². The normalized spacial score (nSPS) is 13.0. The zero-order valence-corrected chi connectivity index (χ0v) is 13.6. The SMILES string of the molecule is COCCO/N=C(\C)c1cc(C)ccc1NS(=O)(=O)C(F)(F)F. The Balaban J connectivity index is 3.11. The molecular weight excluding hydrogens is 337 g/mol. The van der Waals surface area contributed by atoms with Crippen molar-refractivity contribution in [1.82, 2.24) is 0 Å². The number of nitrogens with one attached hydrogen (secondary N) is 1. The lowest BCUT2D eigenvalue weighted by Crippen LogP contribution is -2.30. The van der Waals surface area contributed by atoms with Gasteiger partial charge in [-0.1, -0.05) is 16.8 Å². The first-order chi connectivity index (χ1) is 10.6. The number of oxime groups is 1. The molecule has 10 heteroatoms. The molecule has 0 bridgehead atoms. The molecule has 0 heterocycles. The number of benzene rings is 1. The van der Waals surface area contributed by atoms with Gasteiger partial charge in [-0.2, -0.15) is 21.6 Å². The molecule has 0 aliphatic rings. The summed E-state index contributed by atoms with van der Waals surface area (Å²) in [6.07, 6.45) is 0. The van der Waals surface area contributed by atoms with Crippen LogP contribution < -0.4 is 4.72 Å². The van der Waals surface area contributed by atoms with Crippen LogP contribution in [0.2, 0.25) is 0 Å². The lowest BCUT2D eigenvalue weighted by Gasteiger charge is -2.14. The van der Waals surface area contributed by atoms with Crippen LogP contribution in [0.4, 0.5) is 18.9 Å². The first-order valence-corrected chi connectivity index (χ1v) is 7.92. The monoisotopic (exact) mass is 354 g/mol. The predicted octanol–water partition coefficient (Wildman–Crippen LogP) is 2.64. The molecule has 0 spiro atoms. The Morgan fingerprint density at radius 1 is 1.30 bits per heavy atom. The van der Waals surface area contributed by atoms with E-state index in [0.717, 1.165) is 5.56 Å². The van der Waals surface area contributed by atoms with Crippen molar-refractivity contribution in [2.24, 2.45) is 5.16 Å². The summed E-state index contributed by atoms with van der Waals surface area (Å²) in [5.41, 5.74) is -4.50. The molecule has 0 aliphatic heterocycles. The van der Waals surface area contributed by atoms with E-state index in [-0.39, 0.29) is 30.2 Å². The Hall–Kier alpha value is -1.81. The molecule has 0 atom stereocenters. The molecule has 1 aromatic carbocycles. The maximum Gasteiger partial charge on any atom is 0.516 e. The van der Waals surface area contributed by atoms with Crippen molar-refractivity contribution in [3.63, 3.8) is 0 Å². The molecule has 0 aliphatic carbocycles. The highest BCUT2D eigenvalue weighted by atomic mass is 32.2. The maximum atomic E-state index is 12.5. The van der Waals surface area contributed by atoms with E-state index < -0.39 is 15.5 Å². The number of rotatable bonds is 7. The van der Waals surface area contributed by atoms with Gasteiger partial charge in [0.05, 0.1) is 18.0 Å². The average Bonchev–Trinajstić information content (AvgIpc) is 2.44. The largest absolute Gasteiger partial charge is 0.516 e. The molecular formula is C13H17F3N2O4S. The quantitative estimate of drug-likeness (QED) is 0.464. The van der Waals surface area contributed by atoms with Gasteiger partial charge < -0.3 is 9.57 Å².